The van der Waals surface area contributed by atoms with Crippen LogP contribution in [0.3, 0.4) is 0 Å². The molecule has 1 aliphatic heterocycles. The van der Waals surface area contributed by atoms with E-state index in [0.29, 0.717) is 13.0 Å². The van der Waals surface area contributed by atoms with Crippen LogP contribution < -0.4 is 10.2 Å². The molecule has 0 unspecified atom stereocenters. The van der Waals surface area contributed by atoms with Gasteiger partial charge in [-0.25, -0.2) is 4.68 Å². The molecule has 1 saturated heterocycles. The monoisotopic (exact) mass is 360 g/mol. The van der Waals surface area contributed by atoms with E-state index in [4.69, 9.17) is 0 Å². The third-order valence-electron chi connectivity index (χ3n) is 4.97. The van der Waals surface area contributed by atoms with Crippen molar-refractivity contribution in [2.45, 2.75) is 25.8 Å². The van der Waals surface area contributed by atoms with E-state index < -0.39 is 0 Å². The Morgan fingerprint density at radius 3 is 2.26 bits per heavy atom. The van der Waals surface area contributed by atoms with E-state index in [2.05, 4.69) is 39.6 Å². The molecule has 3 aromatic rings. The van der Waals surface area contributed by atoms with Crippen molar-refractivity contribution in [1.29, 1.82) is 0 Å². The minimum absolute atomic E-state index is 0.0328. The molecular formula is C22H24N4O. The first-order chi connectivity index (χ1) is 13.3. The first-order valence-electron chi connectivity index (χ1n) is 9.47. The number of nitrogens with one attached hydrogen (secondary N) is 1. The van der Waals surface area contributed by atoms with Gasteiger partial charge in [0.05, 0.1) is 12.1 Å². The van der Waals surface area contributed by atoms with Crippen LogP contribution in [0.2, 0.25) is 0 Å². The average molecular weight is 360 g/mol. The van der Waals surface area contributed by atoms with Crippen molar-refractivity contribution in [2.24, 2.45) is 0 Å². The van der Waals surface area contributed by atoms with E-state index in [-0.39, 0.29) is 5.91 Å². The highest BCUT2D eigenvalue weighted by Crippen LogP contribution is 2.20. The summed E-state index contributed by atoms with van der Waals surface area (Å²) in [5, 5.41) is 7.21. The van der Waals surface area contributed by atoms with Gasteiger partial charge in [0.2, 0.25) is 5.91 Å². The molecular weight excluding hydrogens is 336 g/mol. The van der Waals surface area contributed by atoms with Gasteiger partial charge in [0.1, 0.15) is 0 Å². The van der Waals surface area contributed by atoms with E-state index in [1.165, 1.54) is 18.5 Å². The van der Waals surface area contributed by atoms with E-state index in [1.54, 1.807) is 10.9 Å². The maximum Gasteiger partial charge on any atom is 0.224 e. The summed E-state index contributed by atoms with van der Waals surface area (Å²) < 4.78 is 1.80. The molecule has 138 valence electrons. The zero-order chi connectivity index (χ0) is 18.5. The van der Waals surface area contributed by atoms with E-state index in [1.807, 2.05) is 36.5 Å². The minimum atomic E-state index is 0.0328. The minimum Gasteiger partial charge on any atom is -0.372 e. The molecule has 5 nitrogen and oxygen atoms in total. The highest BCUT2D eigenvalue weighted by atomic mass is 16.1. The molecule has 2 heterocycles. The molecule has 0 radical (unpaired) electrons. The number of nitrogens with zero attached hydrogens (tertiary/aromatic N) is 3. The molecule has 2 aromatic carbocycles. The third kappa shape index (κ3) is 4.37. The van der Waals surface area contributed by atoms with Crippen LogP contribution in [0, 0.1) is 0 Å². The van der Waals surface area contributed by atoms with Gasteiger partial charge in [0.25, 0.3) is 0 Å². The Morgan fingerprint density at radius 1 is 0.926 bits per heavy atom. The Bertz CT molecular complexity index is 864. The molecule has 0 bridgehead atoms. The van der Waals surface area contributed by atoms with Gasteiger partial charge < -0.3 is 10.2 Å². The lowest BCUT2D eigenvalue weighted by Crippen LogP contribution is -2.24. The molecule has 1 amide bonds. The smallest absolute Gasteiger partial charge is 0.224 e. The van der Waals surface area contributed by atoms with Crippen LogP contribution >= 0.6 is 0 Å². The summed E-state index contributed by atoms with van der Waals surface area (Å²) in [7, 11) is 0. The molecule has 0 aliphatic carbocycles. The number of carbonyl (C=O) groups is 1. The van der Waals surface area contributed by atoms with Crippen molar-refractivity contribution in [1.82, 2.24) is 15.1 Å². The lowest BCUT2D eigenvalue weighted by atomic mass is 10.1. The summed E-state index contributed by atoms with van der Waals surface area (Å²) in [6, 6.07) is 18.3. The Kier molecular flexibility index (Phi) is 5.19. The molecule has 1 N–H and O–H groups in total. The first-order valence-corrected chi connectivity index (χ1v) is 9.47. The molecule has 1 aliphatic rings. The van der Waals surface area contributed by atoms with Crippen LogP contribution in [-0.4, -0.2) is 28.8 Å². The molecule has 0 saturated carbocycles. The SMILES string of the molecule is O=C(Cc1ccc(-n2cccn2)cc1)NCc1ccc(N2CCCC2)cc1. The molecule has 27 heavy (non-hydrogen) atoms. The number of hydrogen-bond donors (Lipinski definition) is 1. The molecule has 4 rings (SSSR count). The quantitative estimate of drug-likeness (QED) is 0.734. The van der Waals surface area contributed by atoms with Gasteiger partial charge in [-0.15, -0.1) is 0 Å². The zero-order valence-corrected chi connectivity index (χ0v) is 15.3. The largest absolute Gasteiger partial charge is 0.372 e. The Balaban J connectivity index is 1.28. The predicted octanol–water partition coefficient (Wildman–Crippen LogP) is 3.33. The van der Waals surface area contributed by atoms with Gasteiger partial charge in [0.15, 0.2) is 0 Å². The molecule has 5 heteroatoms. The Morgan fingerprint density at radius 2 is 1.59 bits per heavy atom. The summed E-state index contributed by atoms with van der Waals surface area (Å²) in [6.45, 7) is 2.86. The third-order valence-corrected chi connectivity index (χ3v) is 4.97. The summed E-state index contributed by atoms with van der Waals surface area (Å²) >= 11 is 0. The molecule has 1 fully saturated rings. The lowest BCUT2D eigenvalue weighted by Gasteiger charge is -2.17. The second kappa shape index (κ2) is 8.08. The van der Waals surface area contributed by atoms with Crippen molar-refractivity contribution >= 4 is 11.6 Å². The summed E-state index contributed by atoms with van der Waals surface area (Å²) in [4.78, 5) is 14.7. The number of hydrogen-bond acceptors (Lipinski definition) is 3. The van der Waals surface area contributed by atoms with Gasteiger partial charge in [-0.2, -0.15) is 5.10 Å². The number of carbonyl (C=O) groups excluding carboxylic acids is 1. The highest BCUT2D eigenvalue weighted by molar-refractivity contribution is 5.78. The van der Waals surface area contributed by atoms with Gasteiger partial charge >= 0.3 is 0 Å². The molecule has 0 spiro atoms. The van der Waals surface area contributed by atoms with Crippen molar-refractivity contribution in [3.63, 3.8) is 0 Å². The number of rotatable bonds is 6. The number of aromatic nitrogens is 2. The Labute approximate surface area is 159 Å². The van der Waals surface area contributed by atoms with Crippen LogP contribution in [0.1, 0.15) is 24.0 Å². The zero-order valence-electron chi connectivity index (χ0n) is 15.3. The van der Waals surface area contributed by atoms with E-state index >= 15 is 0 Å². The van der Waals surface area contributed by atoms with Crippen molar-refractivity contribution in [3.05, 3.63) is 78.1 Å². The van der Waals surface area contributed by atoms with E-state index in [9.17, 15) is 4.79 Å². The standard InChI is InChI=1S/C22H24N4O/c27-22(16-18-4-10-21(11-5-18)26-15-3-12-24-26)23-17-19-6-8-20(9-7-19)25-13-1-2-14-25/h3-12,15H,1-2,13-14,16-17H2,(H,23,27). The first kappa shape index (κ1) is 17.3. The summed E-state index contributed by atoms with van der Waals surface area (Å²) in [5.74, 6) is 0.0328. The van der Waals surface area contributed by atoms with E-state index in [0.717, 1.165) is 29.9 Å². The summed E-state index contributed by atoms with van der Waals surface area (Å²) in [6.07, 6.45) is 6.59. The number of benzene rings is 2. The van der Waals surface area contributed by atoms with Crippen LogP contribution in [-0.2, 0) is 17.8 Å². The fourth-order valence-corrected chi connectivity index (χ4v) is 3.44. The predicted molar refractivity (Wildman–Crippen MR) is 107 cm³/mol. The van der Waals surface area contributed by atoms with Crippen LogP contribution in [0.5, 0.6) is 0 Å². The van der Waals surface area contributed by atoms with Gasteiger partial charge in [-0.1, -0.05) is 24.3 Å². The second-order valence-electron chi connectivity index (χ2n) is 6.93. The number of amides is 1. The van der Waals surface area contributed by atoms with Crippen LogP contribution in [0.4, 0.5) is 5.69 Å². The van der Waals surface area contributed by atoms with Crippen molar-refractivity contribution in [2.75, 3.05) is 18.0 Å². The molecule has 0 atom stereocenters. The van der Waals surface area contributed by atoms with Crippen molar-refractivity contribution in [3.8, 4) is 5.69 Å². The maximum atomic E-state index is 12.2. The maximum absolute atomic E-state index is 12.2. The van der Waals surface area contributed by atoms with Crippen molar-refractivity contribution < 1.29 is 4.79 Å². The average Bonchev–Trinajstić information content (AvgIpc) is 3.41. The topological polar surface area (TPSA) is 50.2 Å². The second-order valence-corrected chi connectivity index (χ2v) is 6.93. The molecule has 1 aromatic heterocycles. The van der Waals surface area contributed by atoms with Gasteiger partial charge in [-0.05, 0) is 54.3 Å². The fourth-order valence-electron chi connectivity index (χ4n) is 3.44. The Hall–Kier alpha value is -3.08. The normalized spacial score (nSPS) is 13.7. The summed E-state index contributed by atoms with van der Waals surface area (Å²) in [5.41, 5.74) is 4.38. The van der Waals surface area contributed by atoms with Gasteiger partial charge in [-0.3, -0.25) is 4.79 Å². The fraction of sp³-hybridized carbons (Fsp3) is 0.273. The highest BCUT2D eigenvalue weighted by Gasteiger charge is 2.12. The van der Waals surface area contributed by atoms with Gasteiger partial charge in [0, 0.05) is 37.7 Å². The van der Waals surface area contributed by atoms with Crippen LogP contribution in [0.25, 0.3) is 5.69 Å². The number of anilines is 1. The lowest BCUT2D eigenvalue weighted by molar-refractivity contribution is -0.120. The van der Waals surface area contributed by atoms with Crippen LogP contribution in [0.15, 0.2) is 67.0 Å².